The highest BCUT2D eigenvalue weighted by Crippen LogP contribution is 2.24. The van der Waals surface area contributed by atoms with E-state index in [0.717, 1.165) is 22.5 Å². The second-order valence-corrected chi connectivity index (χ2v) is 4.49. The molecule has 0 bridgehead atoms. The van der Waals surface area contributed by atoms with Gasteiger partial charge in [-0.05, 0) is 25.0 Å². The monoisotopic (exact) mass is 236 g/mol. The van der Waals surface area contributed by atoms with Crippen molar-refractivity contribution in [3.8, 4) is 6.07 Å². The largest absolute Gasteiger partial charge is 0.257 e. The minimum Gasteiger partial charge on any atom is -0.257 e. The molecule has 1 aliphatic carbocycles. The Kier molecular flexibility index (Phi) is 3.74. The van der Waals surface area contributed by atoms with Gasteiger partial charge in [-0.2, -0.15) is 5.26 Å². The van der Waals surface area contributed by atoms with Crippen LogP contribution in [0.15, 0.2) is 58.7 Å². The number of nitrogens with zero attached hydrogens (tertiary/aromatic N) is 2. The van der Waals surface area contributed by atoms with Gasteiger partial charge >= 0.3 is 0 Å². The molecule has 0 spiro atoms. The summed E-state index contributed by atoms with van der Waals surface area (Å²) < 4.78 is 0. The molecule has 1 aromatic carbocycles. The van der Waals surface area contributed by atoms with Gasteiger partial charge in [-0.15, -0.1) is 0 Å². The van der Waals surface area contributed by atoms with Gasteiger partial charge in [-0.1, -0.05) is 42.5 Å². The zero-order valence-corrected chi connectivity index (χ0v) is 10.7. The van der Waals surface area contributed by atoms with Crippen LogP contribution in [0.25, 0.3) is 0 Å². The molecule has 0 heterocycles. The molecule has 2 rings (SSSR count). The molecule has 0 fully saturated rings. The molecule has 2 heteroatoms. The lowest BCUT2D eigenvalue weighted by Crippen LogP contribution is -2.03. The first-order valence-corrected chi connectivity index (χ1v) is 6.09. The molecular formula is C16H16N2. The van der Waals surface area contributed by atoms with Crippen molar-refractivity contribution in [2.45, 2.75) is 20.3 Å². The molecule has 0 aliphatic heterocycles. The van der Waals surface area contributed by atoms with Gasteiger partial charge in [-0.25, -0.2) is 0 Å². The van der Waals surface area contributed by atoms with Gasteiger partial charge in [0.2, 0.25) is 0 Å². The van der Waals surface area contributed by atoms with E-state index in [4.69, 9.17) is 5.26 Å². The highest BCUT2D eigenvalue weighted by molar-refractivity contribution is 5.99. The number of allylic oxidation sites excluding steroid dienone is 4. The summed E-state index contributed by atoms with van der Waals surface area (Å²) in [7, 11) is 0. The Morgan fingerprint density at radius 2 is 2.06 bits per heavy atom. The van der Waals surface area contributed by atoms with E-state index in [1.807, 2.05) is 44.2 Å². The maximum Gasteiger partial charge on any atom is 0.0702 e. The topological polar surface area (TPSA) is 36.1 Å². The molecule has 0 N–H and O–H groups in total. The minimum atomic E-state index is -0.0453. The van der Waals surface area contributed by atoms with Crippen LogP contribution in [0.4, 0.5) is 0 Å². The zero-order chi connectivity index (χ0) is 13.0. The molecule has 2 nitrogen and oxygen atoms in total. The molecular weight excluding hydrogens is 220 g/mol. The normalized spacial score (nSPS) is 19.8. The van der Waals surface area contributed by atoms with Gasteiger partial charge < -0.3 is 0 Å². The quantitative estimate of drug-likeness (QED) is 0.718. The van der Waals surface area contributed by atoms with Gasteiger partial charge in [0.1, 0.15) is 0 Å². The fraction of sp³-hybridized carbons (Fsp3) is 0.250. The average Bonchev–Trinajstić information content (AvgIpc) is 2.42. The minimum absolute atomic E-state index is 0.0453. The highest BCUT2D eigenvalue weighted by Gasteiger charge is 2.13. The predicted molar refractivity (Wildman–Crippen MR) is 74.2 cm³/mol. The van der Waals surface area contributed by atoms with Crippen LogP contribution in [0.5, 0.6) is 0 Å². The number of hydrogen-bond donors (Lipinski definition) is 0. The maximum absolute atomic E-state index is 8.97. The van der Waals surface area contributed by atoms with E-state index < -0.39 is 0 Å². The van der Waals surface area contributed by atoms with Crippen LogP contribution >= 0.6 is 0 Å². The summed E-state index contributed by atoms with van der Waals surface area (Å²) in [6.07, 6.45) is 4.66. The number of benzene rings is 1. The van der Waals surface area contributed by atoms with Gasteiger partial charge in [0.15, 0.2) is 0 Å². The van der Waals surface area contributed by atoms with Gasteiger partial charge in [-0.3, -0.25) is 4.99 Å². The second-order valence-electron chi connectivity index (χ2n) is 4.49. The van der Waals surface area contributed by atoms with Crippen molar-refractivity contribution in [2.75, 3.05) is 0 Å². The van der Waals surface area contributed by atoms with E-state index in [-0.39, 0.29) is 5.92 Å². The maximum atomic E-state index is 8.97. The van der Waals surface area contributed by atoms with Gasteiger partial charge in [0.25, 0.3) is 0 Å². The Morgan fingerprint density at radius 3 is 2.72 bits per heavy atom. The van der Waals surface area contributed by atoms with Gasteiger partial charge in [0.05, 0.1) is 12.0 Å². The van der Waals surface area contributed by atoms with E-state index in [2.05, 4.69) is 23.2 Å². The first-order valence-electron chi connectivity index (χ1n) is 6.09. The van der Waals surface area contributed by atoms with Crippen LogP contribution in [0, 0.1) is 17.2 Å². The van der Waals surface area contributed by atoms with Gasteiger partial charge in [0, 0.05) is 17.8 Å². The third-order valence-electron chi connectivity index (χ3n) is 3.11. The summed E-state index contributed by atoms with van der Waals surface area (Å²) in [4.78, 5) is 4.68. The number of hydrogen-bond acceptors (Lipinski definition) is 2. The van der Waals surface area contributed by atoms with E-state index in [1.54, 1.807) is 0 Å². The molecule has 90 valence electrons. The van der Waals surface area contributed by atoms with Crippen molar-refractivity contribution < 1.29 is 0 Å². The number of aliphatic imine (C=N–C) groups is 1. The van der Waals surface area contributed by atoms with Crippen LogP contribution in [0.3, 0.4) is 0 Å². The second kappa shape index (κ2) is 5.46. The SMILES string of the molecule is CC(=NC1=C(C)C=CC(C#N)C1)c1ccccc1. The van der Waals surface area contributed by atoms with E-state index in [0.29, 0.717) is 6.42 Å². The van der Waals surface area contributed by atoms with Crippen LogP contribution in [-0.2, 0) is 0 Å². The molecule has 1 aromatic rings. The molecule has 18 heavy (non-hydrogen) atoms. The number of rotatable bonds is 2. The summed E-state index contributed by atoms with van der Waals surface area (Å²) >= 11 is 0. The third kappa shape index (κ3) is 2.75. The smallest absolute Gasteiger partial charge is 0.0702 e. The first kappa shape index (κ1) is 12.3. The van der Waals surface area contributed by atoms with Crippen molar-refractivity contribution in [1.82, 2.24) is 0 Å². The summed E-state index contributed by atoms with van der Waals surface area (Å²) in [6.45, 7) is 4.05. The van der Waals surface area contributed by atoms with E-state index in [9.17, 15) is 0 Å². The Bertz CT molecular complexity index is 557. The Balaban J connectivity index is 2.28. The van der Waals surface area contributed by atoms with Crippen molar-refractivity contribution in [3.63, 3.8) is 0 Å². The molecule has 1 atom stereocenters. The van der Waals surface area contributed by atoms with Crippen molar-refractivity contribution in [3.05, 3.63) is 59.3 Å². The van der Waals surface area contributed by atoms with Crippen molar-refractivity contribution in [1.29, 1.82) is 5.26 Å². The Hall–Kier alpha value is -2.14. The summed E-state index contributed by atoms with van der Waals surface area (Å²) in [6, 6.07) is 12.4. The summed E-state index contributed by atoms with van der Waals surface area (Å²) in [5.41, 5.74) is 4.29. The van der Waals surface area contributed by atoms with Crippen molar-refractivity contribution in [2.24, 2.45) is 10.9 Å². The Morgan fingerprint density at radius 1 is 1.33 bits per heavy atom. The third-order valence-corrected chi connectivity index (χ3v) is 3.11. The molecule has 1 unspecified atom stereocenters. The van der Waals surface area contributed by atoms with Crippen LogP contribution in [0.1, 0.15) is 25.8 Å². The molecule has 1 aliphatic rings. The lowest BCUT2D eigenvalue weighted by atomic mass is 9.95. The zero-order valence-electron chi connectivity index (χ0n) is 10.7. The highest BCUT2D eigenvalue weighted by atomic mass is 14.8. The molecule has 0 amide bonds. The average molecular weight is 236 g/mol. The molecule has 0 saturated carbocycles. The molecule has 0 saturated heterocycles. The predicted octanol–water partition coefficient (Wildman–Crippen LogP) is 3.87. The number of nitriles is 1. The lowest BCUT2D eigenvalue weighted by Gasteiger charge is -2.14. The van der Waals surface area contributed by atoms with E-state index in [1.165, 1.54) is 0 Å². The first-order chi connectivity index (χ1) is 8.70. The lowest BCUT2D eigenvalue weighted by molar-refractivity contribution is 0.777. The van der Waals surface area contributed by atoms with Crippen LogP contribution < -0.4 is 0 Å². The van der Waals surface area contributed by atoms with Crippen LogP contribution in [-0.4, -0.2) is 5.71 Å². The summed E-state index contributed by atoms with van der Waals surface area (Å²) in [5.74, 6) is -0.0453. The Labute approximate surface area is 108 Å². The van der Waals surface area contributed by atoms with Crippen molar-refractivity contribution >= 4 is 5.71 Å². The standard InChI is InChI=1S/C16H16N2/c1-12-8-9-14(11-17)10-16(12)18-13(2)15-6-4-3-5-7-15/h3-9,14H,10H2,1-2H3. The molecule has 0 radical (unpaired) electrons. The summed E-state index contributed by atoms with van der Waals surface area (Å²) in [5, 5.41) is 8.97. The van der Waals surface area contributed by atoms with Crippen LogP contribution in [0.2, 0.25) is 0 Å². The fourth-order valence-electron chi connectivity index (χ4n) is 1.96. The molecule has 0 aromatic heterocycles. The fourth-order valence-corrected chi connectivity index (χ4v) is 1.96. The van der Waals surface area contributed by atoms with E-state index >= 15 is 0 Å².